The normalized spacial score (nSPS) is 14.0. The maximum absolute atomic E-state index is 12.4. The Labute approximate surface area is 136 Å². The number of methoxy groups -OCH3 is 2. The molecule has 6 nitrogen and oxygen atoms in total. The first kappa shape index (κ1) is 19.1. The van der Waals surface area contributed by atoms with E-state index < -0.39 is 23.1 Å². The summed E-state index contributed by atoms with van der Waals surface area (Å²) in [7, 11) is 2.80. The van der Waals surface area contributed by atoms with E-state index in [0.717, 1.165) is 11.1 Å². The number of nitrogens with two attached hydrogens (primary N) is 1. The molecule has 6 heteroatoms. The molecule has 0 aliphatic rings. The fraction of sp³-hybridized carbons (Fsp3) is 0.529. The zero-order valence-corrected chi connectivity index (χ0v) is 14.3. The third-order valence-corrected chi connectivity index (χ3v) is 3.13. The molecule has 0 spiro atoms. The molecule has 0 radical (unpaired) electrons. The number of ether oxygens (including phenoxy) is 3. The van der Waals surface area contributed by atoms with Gasteiger partial charge in [-0.05, 0) is 31.9 Å². The van der Waals surface area contributed by atoms with E-state index in [0.29, 0.717) is 6.61 Å². The van der Waals surface area contributed by atoms with Crippen molar-refractivity contribution in [1.29, 1.82) is 0 Å². The Kier molecular flexibility index (Phi) is 6.29. The molecule has 0 aliphatic carbocycles. The van der Waals surface area contributed by atoms with Crippen LogP contribution in [0.15, 0.2) is 24.3 Å². The van der Waals surface area contributed by atoms with Crippen molar-refractivity contribution in [3.63, 3.8) is 0 Å². The van der Waals surface area contributed by atoms with E-state index in [1.165, 1.54) is 7.11 Å². The van der Waals surface area contributed by atoms with E-state index in [1.807, 2.05) is 12.1 Å². The Bertz CT molecular complexity index is 547. The lowest BCUT2D eigenvalue weighted by Gasteiger charge is -2.29. The minimum absolute atomic E-state index is 0.0121. The highest BCUT2D eigenvalue weighted by Gasteiger charge is 2.46. The van der Waals surface area contributed by atoms with E-state index in [2.05, 4.69) is 0 Å². The Morgan fingerprint density at radius 1 is 1.00 bits per heavy atom. The van der Waals surface area contributed by atoms with Gasteiger partial charge in [-0.25, -0.2) is 9.59 Å². The molecule has 0 saturated heterocycles. The smallest absolute Gasteiger partial charge is 0.338 e. The summed E-state index contributed by atoms with van der Waals surface area (Å²) in [6, 6.07) is 7.30. The van der Waals surface area contributed by atoms with E-state index in [-0.39, 0.29) is 6.42 Å². The maximum atomic E-state index is 12.4. The zero-order chi connectivity index (χ0) is 17.7. The minimum Gasteiger partial charge on any atom is -0.467 e. The summed E-state index contributed by atoms with van der Waals surface area (Å²) in [6.07, 6.45) is -0.0121. The van der Waals surface area contributed by atoms with Crippen LogP contribution in [0.2, 0.25) is 0 Å². The van der Waals surface area contributed by atoms with Crippen LogP contribution in [-0.2, 0) is 36.8 Å². The van der Waals surface area contributed by atoms with E-state index >= 15 is 0 Å². The minimum atomic E-state index is -1.88. The van der Waals surface area contributed by atoms with Gasteiger partial charge in [0, 0.05) is 13.5 Å². The number of carbonyl (C=O) groups is 2. The van der Waals surface area contributed by atoms with Crippen LogP contribution in [0, 0.1) is 0 Å². The van der Waals surface area contributed by atoms with Gasteiger partial charge in [0.05, 0.1) is 13.7 Å². The molecule has 23 heavy (non-hydrogen) atoms. The van der Waals surface area contributed by atoms with Gasteiger partial charge in [-0.15, -0.1) is 0 Å². The van der Waals surface area contributed by atoms with Crippen molar-refractivity contribution < 1.29 is 23.8 Å². The Morgan fingerprint density at radius 3 is 1.96 bits per heavy atom. The molecule has 0 saturated carbocycles. The fourth-order valence-corrected chi connectivity index (χ4v) is 2.02. The highest BCUT2D eigenvalue weighted by atomic mass is 16.6. The molecule has 0 unspecified atom stereocenters. The summed E-state index contributed by atoms with van der Waals surface area (Å²) in [5.74, 6) is -1.63. The molecule has 128 valence electrons. The van der Waals surface area contributed by atoms with Crippen molar-refractivity contribution in [2.45, 2.75) is 44.9 Å². The first-order valence-corrected chi connectivity index (χ1v) is 7.30. The van der Waals surface area contributed by atoms with Gasteiger partial charge in [0.25, 0.3) is 0 Å². The number of benzene rings is 1. The number of hydrogen-bond donors (Lipinski definition) is 1. The van der Waals surface area contributed by atoms with Crippen molar-refractivity contribution in [2.24, 2.45) is 5.73 Å². The summed E-state index contributed by atoms with van der Waals surface area (Å²) in [5, 5.41) is 0. The second kappa shape index (κ2) is 7.57. The van der Waals surface area contributed by atoms with Gasteiger partial charge < -0.3 is 19.9 Å². The molecule has 0 fully saturated rings. The van der Waals surface area contributed by atoms with E-state index in [9.17, 15) is 9.59 Å². The summed E-state index contributed by atoms with van der Waals surface area (Å²) in [5.41, 5.74) is 5.13. The molecule has 1 rings (SSSR count). The summed E-state index contributed by atoms with van der Waals surface area (Å²) >= 11 is 0. The number of esters is 2. The van der Waals surface area contributed by atoms with Gasteiger partial charge in [0.15, 0.2) is 0 Å². The Balaban J connectivity index is 3.02. The van der Waals surface area contributed by atoms with Gasteiger partial charge in [-0.2, -0.15) is 0 Å². The lowest BCUT2D eigenvalue weighted by Crippen LogP contribution is -2.59. The zero-order valence-electron chi connectivity index (χ0n) is 14.3. The van der Waals surface area contributed by atoms with Crippen LogP contribution < -0.4 is 5.73 Å². The molecule has 0 amide bonds. The summed E-state index contributed by atoms with van der Waals surface area (Å²) in [6.45, 7) is 5.61. The number of rotatable bonds is 6. The first-order chi connectivity index (χ1) is 10.6. The average Bonchev–Trinajstić information content (AvgIpc) is 2.46. The van der Waals surface area contributed by atoms with E-state index in [4.69, 9.17) is 19.9 Å². The molecule has 2 N–H and O–H groups in total. The molecular weight excluding hydrogens is 298 g/mol. The van der Waals surface area contributed by atoms with Gasteiger partial charge in [-0.1, -0.05) is 24.3 Å². The third kappa shape index (κ3) is 5.33. The van der Waals surface area contributed by atoms with Crippen LogP contribution in [-0.4, -0.2) is 37.3 Å². The van der Waals surface area contributed by atoms with Crippen molar-refractivity contribution in [2.75, 3.05) is 14.2 Å². The van der Waals surface area contributed by atoms with Crippen molar-refractivity contribution in [3.05, 3.63) is 35.4 Å². The fourth-order valence-electron chi connectivity index (χ4n) is 2.02. The Hall–Kier alpha value is -1.92. The molecule has 1 atom stereocenters. The molecule has 1 aromatic carbocycles. The number of carbonyl (C=O) groups excluding carboxylic acids is 2. The molecule has 0 aromatic heterocycles. The van der Waals surface area contributed by atoms with Crippen LogP contribution in [0.4, 0.5) is 0 Å². The monoisotopic (exact) mass is 323 g/mol. The molecule has 0 bridgehead atoms. The van der Waals surface area contributed by atoms with E-state index in [1.54, 1.807) is 40.0 Å². The third-order valence-electron chi connectivity index (χ3n) is 3.13. The SMILES string of the molecule is COCc1ccc(C[C@](N)(C(=O)OC)C(=O)OC(C)(C)C)cc1. The summed E-state index contributed by atoms with van der Waals surface area (Å²) < 4.78 is 15.0. The topological polar surface area (TPSA) is 87.9 Å². The predicted molar refractivity (Wildman–Crippen MR) is 85.6 cm³/mol. The lowest BCUT2D eigenvalue weighted by atomic mass is 9.91. The predicted octanol–water partition coefficient (Wildman–Crippen LogP) is 1.59. The van der Waals surface area contributed by atoms with Crippen LogP contribution in [0.1, 0.15) is 31.9 Å². The van der Waals surface area contributed by atoms with Crippen LogP contribution >= 0.6 is 0 Å². The second-order valence-corrected chi connectivity index (χ2v) is 6.39. The van der Waals surface area contributed by atoms with Crippen molar-refractivity contribution >= 4 is 11.9 Å². The maximum Gasteiger partial charge on any atom is 0.338 e. The highest BCUT2D eigenvalue weighted by Crippen LogP contribution is 2.19. The largest absolute Gasteiger partial charge is 0.467 e. The second-order valence-electron chi connectivity index (χ2n) is 6.39. The van der Waals surface area contributed by atoms with Crippen LogP contribution in [0.25, 0.3) is 0 Å². The Morgan fingerprint density at radius 2 is 1.52 bits per heavy atom. The standard InChI is InChI=1S/C17H25NO5/c1-16(2,3)23-15(20)17(18,14(19)22-5)10-12-6-8-13(9-7-12)11-21-4/h6-9H,10-11,18H2,1-5H3/t17-/m0/s1. The van der Waals surface area contributed by atoms with Gasteiger partial charge in [0.1, 0.15) is 5.60 Å². The quantitative estimate of drug-likeness (QED) is 0.632. The van der Waals surface area contributed by atoms with Crippen molar-refractivity contribution in [1.82, 2.24) is 0 Å². The average molecular weight is 323 g/mol. The molecule has 0 aliphatic heterocycles. The van der Waals surface area contributed by atoms with Crippen LogP contribution in [0.3, 0.4) is 0 Å². The van der Waals surface area contributed by atoms with Gasteiger partial charge >= 0.3 is 11.9 Å². The molecular formula is C17H25NO5. The number of hydrogen-bond acceptors (Lipinski definition) is 6. The highest BCUT2D eigenvalue weighted by molar-refractivity contribution is 6.05. The molecule has 0 heterocycles. The van der Waals surface area contributed by atoms with Gasteiger partial charge in [0.2, 0.25) is 5.54 Å². The van der Waals surface area contributed by atoms with Gasteiger partial charge in [-0.3, -0.25) is 0 Å². The first-order valence-electron chi connectivity index (χ1n) is 7.30. The van der Waals surface area contributed by atoms with Crippen molar-refractivity contribution in [3.8, 4) is 0 Å². The summed E-state index contributed by atoms with van der Waals surface area (Å²) in [4.78, 5) is 24.5. The lowest BCUT2D eigenvalue weighted by molar-refractivity contribution is -0.170. The molecule has 1 aromatic rings. The van der Waals surface area contributed by atoms with Crippen LogP contribution in [0.5, 0.6) is 0 Å².